The minimum absolute atomic E-state index is 0. The summed E-state index contributed by atoms with van der Waals surface area (Å²) in [5, 5.41) is 16.8. The molecular formula is C13H13Cl7Na2O15. The fourth-order valence-electron chi connectivity index (χ4n) is 1.27. The zero-order valence-corrected chi connectivity index (χ0v) is 27.7. The van der Waals surface area contributed by atoms with Crippen LogP contribution in [0, 0.1) is 0 Å². The van der Waals surface area contributed by atoms with Gasteiger partial charge < -0.3 is 49.8 Å². The predicted molar refractivity (Wildman–Crippen MR) is 113 cm³/mol. The summed E-state index contributed by atoms with van der Waals surface area (Å²) < 4.78 is 25.5. The predicted octanol–water partition coefficient (Wildman–Crippen LogP) is -3.24. The largest absolute Gasteiger partial charge is 1.00 e. The fraction of sp³-hybridized carbons (Fsp3) is 0.615. The van der Waals surface area contributed by atoms with Crippen molar-refractivity contribution >= 4 is 112 Å². The molecule has 0 saturated carbocycles. The van der Waals surface area contributed by atoms with E-state index < -0.39 is 44.1 Å². The van der Waals surface area contributed by atoms with E-state index in [-0.39, 0.29) is 93.4 Å². The van der Waals surface area contributed by atoms with Gasteiger partial charge in [0, 0.05) is 11.6 Å². The van der Waals surface area contributed by atoms with Crippen LogP contribution < -0.4 is 64.4 Å². The van der Waals surface area contributed by atoms with Crippen LogP contribution >= 0.6 is 81.2 Å². The third-order valence-corrected chi connectivity index (χ3v) is 2.90. The van der Waals surface area contributed by atoms with Gasteiger partial charge >= 0.3 is 91.0 Å². The zero-order valence-electron chi connectivity index (χ0n) is 19.4. The zero-order chi connectivity index (χ0) is 27.7. The average molecular weight is 703 g/mol. The third kappa shape index (κ3) is 32.8. The maximum absolute atomic E-state index is 10.5. The number of hydrogen-bond acceptors (Lipinski definition) is 15. The van der Waals surface area contributed by atoms with E-state index >= 15 is 0 Å². The first-order valence-electron chi connectivity index (χ1n) is 7.90. The van der Waals surface area contributed by atoms with Crippen LogP contribution in [-0.4, -0.2) is 82.1 Å². The van der Waals surface area contributed by atoms with Gasteiger partial charge in [0.1, 0.15) is 19.8 Å². The summed E-state index contributed by atoms with van der Waals surface area (Å²) >= 11 is 35.1. The van der Waals surface area contributed by atoms with Crippen LogP contribution in [0.5, 0.6) is 0 Å². The Morgan fingerprint density at radius 2 is 1.35 bits per heavy atom. The van der Waals surface area contributed by atoms with Crippen molar-refractivity contribution in [1.82, 2.24) is 0 Å². The summed E-state index contributed by atoms with van der Waals surface area (Å²) in [6, 6.07) is 0. The molecule has 206 valence electrons. The van der Waals surface area contributed by atoms with Crippen molar-refractivity contribution in [1.29, 1.82) is 0 Å². The molecule has 1 N–H and O–H groups in total. The molecule has 2 rings (SSSR count). The van der Waals surface area contributed by atoms with Gasteiger partial charge in [-0.05, 0) is 69.6 Å². The van der Waals surface area contributed by atoms with Crippen molar-refractivity contribution in [3.8, 4) is 0 Å². The molecule has 2 aliphatic heterocycles. The molecule has 2 atom stereocenters. The van der Waals surface area contributed by atoms with Gasteiger partial charge in [-0.15, -0.1) is 0 Å². The number of halogens is 7. The molecule has 15 nitrogen and oxygen atoms in total. The van der Waals surface area contributed by atoms with Crippen molar-refractivity contribution in [3.63, 3.8) is 0 Å². The molecule has 0 bridgehead atoms. The number of rotatable bonds is 4. The maximum Gasteiger partial charge on any atom is 1.00 e. The molecule has 0 amide bonds. The second kappa shape index (κ2) is 24.5. The first kappa shape index (κ1) is 44.7. The fourth-order valence-corrected chi connectivity index (χ4v) is 1.71. The number of carbonyl (C=O) groups is 5. The SMILES string of the molecule is O=C(Cl)OCC1COC(=O)O1.O=C(OC(Cl)(Cl)Cl)OC(Cl)(Cl)Cl.O=C1OCC(CO)O1.O=CO[O-].[H-].[Na+].[Na+]. The van der Waals surface area contributed by atoms with Crippen LogP contribution in [0.1, 0.15) is 1.43 Å². The van der Waals surface area contributed by atoms with Crippen molar-refractivity contribution < 1.29 is 133 Å². The molecule has 0 aromatic rings. The standard InChI is InChI=1S/C5H5ClO5.C4H6O4.C3Cl6O3.CH2O3.2Na.H/c6-4(7)9-1-3-2-10-5(8)11-3;5-1-3-2-7-4(6)8-3;4-2(5,6)11-1(10)12-3(7,8)9;2-1-4-3;;;/h3H,1-2H2;3,5H,1-2H2;;1,3H;;;/q;;;;2*+1;-1/p-1. The molecule has 0 aromatic carbocycles. The number of cyclic esters (lactones) is 4. The third-order valence-electron chi connectivity index (χ3n) is 2.32. The first-order chi connectivity index (χ1) is 16.0. The van der Waals surface area contributed by atoms with Crippen LogP contribution in [0.2, 0.25) is 0 Å². The van der Waals surface area contributed by atoms with Gasteiger partial charge in [-0.2, -0.15) is 0 Å². The number of hydrogen-bond donors (Lipinski definition) is 1. The summed E-state index contributed by atoms with van der Waals surface area (Å²) in [5.41, 5.74) is -0.923. The van der Waals surface area contributed by atoms with Crippen molar-refractivity contribution in [2.45, 2.75) is 20.2 Å². The Labute approximate surface area is 288 Å². The Kier molecular flexibility index (Phi) is 29.6. The molecule has 0 spiro atoms. The number of aliphatic hydroxyl groups is 1. The van der Waals surface area contributed by atoms with Crippen molar-refractivity contribution in [2.75, 3.05) is 26.4 Å². The van der Waals surface area contributed by atoms with Crippen LogP contribution in [0.4, 0.5) is 19.2 Å². The molecule has 2 aliphatic rings. The van der Waals surface area contributed by atoms with Gasteiger partial charge in [-0.3, -0.25) is 4.79 Å². The molecule has 2 unspecified atom stereocenters. The quantitative estimate of drug-likeness (QED) is 0.0447. The summed E-state index contributed by atoms with van der Waals surface area (Å²) in [6.07, 6.45) is -3.81. The molecule has 37 heavy (non-hydrogen) atoms. The first-order valence-corrected chi connectivity index (χ1v) is 10.5. The number of aliphatic hydroxyl groups excluding tert-OH is 1. The second-order valence-corrected chi connectivity index (χ2v) is 9.53. The van der Waals surface area contributed by atoms with E-state index in [1.165, 1.54) is 0 Å². The van der Waals surface area contributed by atoms with Crippen molar-refractivity contribution in [3.05, 3.63) is 0 Å². The van der Waals surface area contributed by atoms with Crippen LogP contribution in [0.25, 0.3) is 0 Å². The van der Waals surface area contributed by atoms with E-state index in [1.807, 2.05) is 0 Å². The number of ether oxygens (including phenoxy) is 7. The van der Waals surface area contributed by atoms with E-state index in [4.69, 9.17) is 96.4 Å². The monoisotopic (exact) mass is 700 g/mol. The van der Waals surface area contributed by atoms with Gasteiger partial charge in [0.25, 0.3) is 6.47 Å². The van der Waals surface area contributed by atoms with Gasteiger partial charge in [0.15, 0.2) is 12.2 Å². The van der Waals surface area contributed by atoms with Crippen LogP contribution in [-0.2, 0) is 42.8 Å². The van der Waals surface area contributed by atoms with E-state index in [2.05, 4.69) is 38.0 Å². The molecule has 0 aliphatic carbocycles. The molecular weight excluding hydrogens is 690 g/mol. The smallest absolute Gasteiger partial charge is 1.00 e. The Bertz CT molecular complexity index is 681. The summed E-state index contributed by atoms with van der Waals surface area (Å²) in [4.78, 5) is 52.2. The van der Waals surface area contributed by atoms with Gasteiger partial charge in [0.05, 0.1) is 6.61 Å². The molecule has 24 heteroatoms. The summed E-state index contributed by atoms with van der Waals surface area (Å²) in [5.74, 6) is 0. The summed E-state index contributed by atoms with van der Waals surface area (Å²) in [7, 11) is 0. The number of carbonyl (C=O) groups excluding carboxylic acids is 5. The minimum atomic E-state index is -2.24. The molecule has 2 heterocycles. The van der Waals surface area contributed by atoms with E-state index in [1.54, 1.807) is 0 Å². The minimum Gasteiger partial charge on any atom is -1.00 e. The molecule has 2 fully saturated rings. The van der Waals surface area contributed by atoms with E-state index in [0.29, 0.717) is 0 Å². The van der Waals surface area contributed by atoms with E-state index in [9.17, 15) is 19.2 Å². The molecule has 2 saturated heterocycles. The Morgan fingerprint density at radius 1 is 0.973 bits per heavy atom. The topological polar surface area (TPSA) is 202 Å². The van der Waals surface area contributed by atoms with Gasteiger partial charge in [-0.1, -0.05) is 0 Å². The summed E-state index contributed by atoms with van der Waals surface area (Å²) in [6.45, 7) is -0.127. The van der Waals surface area contributed by atoms with Crippen LogP contribution in [0.3, 0.4) is 0 Å². The average Bonchev–Trinajstić information content (AvgIpc) is 3.32. The Balaban J connectivity index is -0.000000130. The van der Waals surface area contributed by atoms with E-state index in [0.717, 1.165) is 0 Å². The van der Waals surface area contributed by atoms with Gasteiger partial charge in [0.2, 0.25) is 0 Å². The molecule has 0 radical (unpaired) electrons. The van der Waals surface area contributed by atoms with Crippen molar-refractivity contribution in [2.24, 2.45) is 0 Å². The maximum atomic E-state index is 10.5. The Hall–Kier alpha value is 0.700. The normalized spacial score (nSPS) is 17.1. The second-order valence-electron chi connectivity index (χ2n) is 4.87. The van der Waals surface area contributed by atoms with Gasteiger partial charge in [-0.25, -0.2) is 19.2 Å². The van der Waals surface area contributed by atoms with Crippen LogP contribution in [0.15, 0.2) is 0 Å². The Morgan fingerprint density at radius 3 is 1.57 bits per heavy atom. The molecule has 0 aromatic heterocycles. The number of alkyl halides is 6.